The first-order valence-electron chi connectivity index (χ1n) is 7.17. The predicted molar refractivity (Wildman–Crippen MR) is 87.4 cm³/mol. The fourth-order valence-electron chi connectivity index (χ4n) is 2.29. The molecule has 0 bridgehead atoms. The van der Waals surface area contributed by atoms with Gasteiger partial charge in [-0.15, -0.1) is 0 Å². The van der Waals surface area contributed by atoms with Crippen molar-refractivity contribution in [2.75, 3.05) is 6.54 Å². The van der Waals surface area contributed by atoms with Crippen LogP contribution in [0.1, 0.15) is 23.6 Å². The fourth-order valence-corrected chi connectivity index (χ4v) is 2.49. The molecule has 110 valence electrons. The molecule has 0 saturated carbocycles. The van der Waals surface area contributed by atoms with Crippen LogP contribution in [-0.4, -0.2) is 17.4 Å². The zero-order valence-corrected chi connectivity index (χ0v) is 13.2. The lowest BCUT2D eigenvalue weighted by molar-refractivity contribution is -0.130. The maximum absolute atomic E-state index is 12.5. The van der Waals surface area contributed by atoms with Gasteiger partial charge in [0, 0.05) is 18.1 Å². The maximum atomic E-state index is 12.5. The lowest BCUT2D eigenvalue weighted by atomic mass is 10.1. The molecule has 0 N–H and O–H groups in total. The van der Waals surface area contributed by atoms with E-state index in [1.165, 1.54) is 0 Å². The standard InChI is InChI=1S/C18H20ClNO/c1-3-20(13-16-10-6-7-11-17(16)19)18(21)12-15-9-5-4-8-14(15)2/h4-11H,3,12-13H2,1-2H3. The van der Waals surface area contributed by atoms with Crippen molar-refractivity contribution in [2.45, 2.75) is 26.8 Å². The summed E-state index contributed by atoms with van der Waals surface area (Å²) in [7, 11) is 0. The van der Waals surface area contributed by atoms with Crippen molar-refractivity contribution in [3.63, 3.8) is 0 Å². The fraction of sp³-hybridized carbons (Fsp3) is 0.278. The van der Waals surface area contributed by atoms with Crippen LogP contribution in [0.3, 0.4) is 0 Å². The van der Waals surface area contributed by atoms with Crippen LogP contribution in [0.5, 0.6) is 0 Å². The molecule has 1 amide bonds. The lowest BCUT2D eigenvalue weighted by Gasteiger charge is -2.22. The number of carbonyl (C=O) groups excluding carboxylic acids is 1. The average Bonchev–Trinajstić information content (AvgIpc) is 2.48. The van der Waals surface area contributed by atoms with E-state index >= 15 is 0 Å². The number of aryl methyl sites for hydroxylation is 1. The summed E-state index contributed by atoms with van der Waals surface area (Å²) < 4.78 is 0. The largest absolute Gasteiger partial charge is 0.338 e. The van der Waals surface area contributed by atoms with E-state index in [0.29, 0.717) is 24.5 Å². The quantitative estimate of drug-likeness (QED) is 0.809. The van der Waals surface area contributed by atoms with E-state index in [4.69, 9.17) is 11.6 Å². The van der Waals surface area contributed by atoms with Crippen molar-refractivity contribution in [1.29, 1.82) is 0 Å². The number of nitrogens with zero attached hydrogens (tertiary/aromatic N) is 1. The predicted octanol–water partition coefficient (Wildman–Crippen LogP) is 4.24. The van der Waals surface area contributed by atoms with E-state index in [9.17, 15) is 4.79 Å². The summed E-state index contributed by atoms with van der Waals surface area (Å²) in [6.07, 6.45) is 0.435. The summed E-state index contributed by atoms with van der Waals surface area (Å²) in [5.74, 6) is 0.131. The molecule has 2 aromatic carbocycles. The van der Waals surface area contributed by atoms with Crippen LogP contribution < -0.4 is 0 Å². The molecular formula is C18H20ClNO. The molecule has 0 aliphatic carbocycles. The van der Waals surface area contributed by atoms with E-state index in [-0.39, 0.29) is 5.91 Å². The van der Waals surface area contributed by atoms with Gasteiger partial charge in [-0.25, -0.2) is 0 Å². The van der Waals surface area contributed by atoms with Crippen molar-refractivity contribution in [1.82, 2.24) is 4.90 Å². The normalized spacial score (nSPS) is 10.4. The van der Waals surface area contributed by atoms with Gasteiger partial charge in [-0.3, -0.25) is 4.79 Å². The number of hydrogen-bond donors (Lipinski definition) is 0. The SMILES string of the molecule is CCN(Cc1ccccc1Cl)C(=O)Cc1ccccc1C. The molecule has 0 aliphatic heterocycles. The highest BCUT2D eigenvalue weighted by Crippen LogP contribution is 2.18. The van der Waals surface area contributed by atoms with Gasteiger partial charge < -0.3 is 4.90 Å². The highest BCUT2D eigenvalue weighted by atomic mass is 35.5. The second kappa shape index (κ2) is 7.28. The molecule has 0 atom stereocenters. The van der Waals surface area contributed by atoms with Crippen molar-refractivity contribution < 1.29 is 4.79 Å². The first kappa shape index (κ1) is 15.6. The van der Waals surface area contributed by atoms with E-state index in [0.717, 1.165) is 16.7 Å². The van der Waals surface area contributed by atoms with Crippen LogP contribution in [0, 0.1) is 6.92 Å². The second-order valence-corrected chi connectivity index (χ2v) is 5.51. The molecule has 0 aromatic heterocycles. The maximum Gasteiger partial charge on any atom is 0.227 e. The second-order valence-electron chi connectivity index (χ2n) is 5.10. The van der Waals surface area contributed by atoms with Crippen LogP contribution in [0.4, 0.5) is 0 Å². The van der Waals surface area contributed by atoms with Gasteiger partial charge in [-0.2, -0.15) is 0 Å². The lowest BCUT2D eigenvalue weighted by Crippen LogP contribution is -2.31. The summed E-state index contributed by atoms with van der Waals surface area (Å²) >= 11 is 6.18. The first-order chi connectivity index (χ1) is 10.1. The Hall–Kier alpha value is -1.80. The average molecular weight is 302 g/mol. The number of halogens is 1. The zero-order chi connectivity index (χ0) is 15.2. The number of amides is 1. The van der Waals surface area contributed by atoms with E-state index in [1.54, 1.807) is 0 Å². The minimum absolute atomic E-state index is 0.131. The monoisotopic (exact) mass is 301 g/mol. The Bertz CT molecular complexity index is 624. The van der Waals surface area contributed by atoms with Crippen molar-refractivity contribution >= 4 is 17.5 Å². The molecule has 0 fully saturated rings. The third kappa shape index (κ3) is 4.08. The molecule has 2 aromatic rings. The van der Waals surface area contributed by atoms with Gasteiger partial charge in [-0.05, 0) is 36.6 Å². The summed E-state index contributed by atoms with van der Waals surface area (Å²) in [6.45, 7) is 5.26. The number of hydrogen-bond acceptors (Lipinski definition) is 1. The smallest absolute Gasteiger partial charge is 0.227 e. The Morgan fingerprint density at radius 3 is 2.29 bits per heavy atom. The van der Waals surface area contributed by atoms with Gasteiger partial charge in [0.15, 0.2) is 0 Å². The van der Waals surface area contributed by atoms with Crippen molar-refractivity contribution in [2.24, 2.45) is 0 Å². The molecule has 0 unspecified atom stereocenters. The molecule has 0 radical (unpaired) electrons. The number of benzene rings is 2. The van der Waals surface area contributed by atoms with E-state index < -0.39 is 0 Å². The van der Waals surface area contributed by atoms with Gasteiger partial charge in [0.25, 0.3) is 0 Å². The van der Waals surface area contributed by atoms with Crippen LogP contribution in [-0.2, 0) is 17.8 Å². The van der Waals surface area contributed by atoms with Gasteiger partial charge >= 0.3 is 0 Å². The number of carbonyl (C=O) groups is 1. The molecule has 21 heavy (non-hydrogen) atoms. The van der Waals surface area contributed by atoms with Crippen LogP contribution in [0.15, 0.2) is 48.5 Å². The Morgan fingerprint density at radius 1 is 1.05 bits per heavy atom. The Balaban J connectivity index is 2.09. The van der Waals surface area contributed by atoms with Gasteiger partial charge in [0.2, 0.25) is 5.91 Å². The van der Waals surface area contributed by atoms with E-state index in [1.807, 2.05) is 67.3 Å². The zero-order valence-electron chi connectivity index (χ0n) is 12.5. The highest BCUT2D eigenvalue weighted by molar-refractivity contribution is 6.31. The van der Waals surface area contributed by atoms with Gasteiger partial charge in [0.1, 0.15) is 0 Å². The summed E-state index contributed by atoms with van der Waals surface area (Å²) in [5.41, 5.74) is 3.22. The van der Waals surface area contributed by atoms with Crippen molar-refractivity contribution in [3.05, 3.63) is 70.2 Å². The van der Waals surface area contributed by atoms with Gasteiger partial charge in [-0.1, -0.05) is 54.1 Å². The molecule has 2 rings (SSSR count). The summed E-state index contributed by atoms with van der Waals surface area (Å²) in [4.78, 5) is 14.3. The third-order valence-electron chi connectivity index (χ3n) is 3.66. The molecule has 0 saturated heterocycles. The van der Waals surface area contributed by atoms with Gasteiger partial charge in [0.05, 0.1) is 6.42 Å². The Kier molecular flexibility index (Phi) is 5.40. The molecule has 0 spiro atoms. The van der Waals surface area contributed by atoms with Crippen LogP contribution in [0.2, 0.25) is 5.02 Å². The topological polar surface area (TPSA) is 20.3 Å². The molecule has 0 heterocycles. The van der Waals surface area contributed by atoms with E-state index in [2.05, 4.69) is 0 Å². The van der Waals surface area contributed by atoms with Crippen molar-refractivity contribution in [3.8, 4) is 0 Å². The molecule has 3 heteroatoms. The minimum atomic E-state index is 0.131. The summed E-state index contributed by atoms with van der Waals surface area (Å²) in [5, 5.41) is 0.708. The van der Waals surface area contributed by atoms with Crippen LogP contribution in [0.25, 0.3) is 0 Å². The number of rotatable bonds is 5. The Morgan fingerprint density at radius 2 is 1.67 bits per heavy atom. The molecule has 2 nitrogen and oxygen atoms in total. The summed E-state index contributed by atoms with van der Waals surface area (Å²) in [6, 6.07) is 15.7. The third-order valence-corrected chi connectivity index (χ3v) is 4.03. The molecule has 0 aliphatic rings. The van der Waals surface area contributed by atoms with Crippen LogP contribution >= 0.6 is 11.6 Å². The minimum Gasteiger partial charge on any atom is -0.338 e. The Labute approximate surface area is 131 Å². The number of likely N-dealkylation sites (N-methyl/N-ethyl adjacent to an activating group) is 1. The highest BCUT2D eigenvalue weighted by Gasteiger charge is 2.14. The first-order valence-corrected chi connectivity index (χ1v) is 7.55. The molecular weight excluding hydrogens is 282 g/mol.